The number of carbonyl (C=O) groups excluding carboxylic acids is 1. The topological polar surface area (TPSA) is 64.2 Å². The number of carbonyl (C=O) groups is 1. The van der Waals surface area contributed by atoms with Crippen LogP contribution in [0.4, 0.5) is 0 Å². The number of piperazine rings is 2. The van der Waals surface area contributed by atoms with Crippen molar-refractivity contribution in [3.63, 3.8) is 0 Å². The Balaban J connectivity index is 1.23. The summed E-state index contributed by atoms with van der Waals surface area (Å²) in [4.78, 5) is 19.9. The van der Waals surface area contributed by atoms with Crippen LogP contribution in [0.15, 0.2) is 71.6 Å². The molecular formula is C26H34N4O3S. The molecule has 8 heteroatoms. The third-order valence-corrected chi connectivity index (χ3v) is 8.63. The predicted molar refractivity (Wildman–Crippen MR) is 135 cm³/mol. The molecule has 2 aromatic carbocycles. The minimum atomic E-state index is -3.51. The molecule has 34 heavy (non-hydrogen) atoms. The van der Waals surface area contributed by atoms with Crippen molar-refractivity contribution in [3.8, 4) is 0 Å². The zero-order chi connectivity index (χ0) is 24.0. The Labute approximate surface area is 203 Å². The minimum absolute atomic E-state index is 0.0918. The summed E-state index contributed by atoms with van der Waals surface area (Å²) in [6, 6.07) is 18.6. The van der Waals surface area contributed by atoms with E-state index in [0.717, 1.165) is 32.7 Å². The maximum atomic E-state index is 13.1. The van der Waals surface area contributed by atoms with Crippen molar-refractivity contribution in [1.82, 2.24) is 19.0 Å². The number of benzene rings is 2. The zero-order valence-electron chi connectivity index (χ0n) is 19.8. The molecular weight excluding hydrogens is 448 g/mol. The molecule has 182 valence electrons. The lowest BCUT2D eigenvalue weighted by atomic mass is 10.2. The van der Waals surface area contributed by atoms with Gasteiger partial charge in [-0.25, -0.2) is 8.42 Å². The van der Waals surface area contributed by atoms with Crippen LogP contribution in [-0.2, 0) is 14.8 Å². The van der Waals surface area contributed by atoms with Gasteiger partial charge in [0.05, 0.1) is 10.9 Å². The summed E-state index contributed by atoms with van der Waals surface area (Å²) in [5.41, 5.74) is 1.21. The van der Waals surface area contributed by atoms with Crippen LogP contribution >= 0.6 is 0 Å². The van der Waals surface area contributed by atoms with Gasteiger partial charge < -0.3 is 4.90 Å². The Morgan fingerprint density at radius 3 is 2.06 bits per heavy atom. The second-order valence-corrected chi connectivity index (χ2v) is 10.8. The molecule has 0 aromatic heterocycles. The molecule has 7 nitrogen and oxygen atoms in total. The van der Waals surface area contributed by atoms with Gasteiger partial charge in [0.25, 0.3) is 0 Å². The molecule has 1 atom stereocenters. The van der Waals surface area contributed by atoms with E-state index >= 15 is 0 Å². The third kappa shape index (κ3) is 5.93. The lowest BCUT2D eigenvalue weighted by Gasteiger charge is -2.40. The molecule has 2 aliphatic rings. The molecule has 0 spiro atoms. The summed E-state index contributed by atoms with van der Waals surface area (Å²) in [5.74, 6) is 0.0918. The first-order valence-electron chi connectivity index (χ1n) is 12.0. The summed E-state index contributed by atoms with van der Waals surface area (Å²) < 4.78 is 27.2. The maximum Gasteiger partial charge on any atom is 0.243 e. The standard InChI is InChI=1S/C26H34N4O3S/c1-23(28-17-15-27(16-18-28)14-8-11-24-9-4-2-5-10-24)26(31)29-19-21-30(22-20-29)34(32,33)25-12-6-3-7-13-25/h2-13,23H,14-22H2,1H3/b11-8+. The fraction of sp³-hybridized carbons (Fsp3) is 0.423. The van der Waals surface area contributed by atoms with Crippen molar-refractivity contribution in [1.29, 1.82) is 0 Å². The summed E-state index contributed by atoms with van der Waals surface area (Å²) in [7, 11) is -3.51. The highest BCUT2D eigenvalue weighted by atomic mass is 32.2. The van der Waals surface area contributed by atoms with E-state index in [9.17, 15) is 13.2 Å². The van der Waals surface area contributed by atoms with Gasteiger partial charge >= 0.3 is 0 Å². The second kappa shape index (κ2) is 11.3. The zero-order valence-corrected chi connectivity index (χ0v) is 20.6. The van der Waals surface area contributed by atoms with E-state index in [0.29, 0.717) is 31.1 Å². The van der Waals surface area contributed by atoms with Crippen LogP contribution in [0.3, 0.4) is 0 Å². The molecule has 1 unspecified atom stereocenters. The molecule has 1 amide bonds. The largest absolute Gasteiger partial charge is 0.339 e. The molecule has 0 saturated carbocycles. The van der Waals surface area contributed by atoms with E-state index in [2.05, 4.69) is 34.1 Å². The van der Waals surface area contributed by atoms with Crippen LogP contribution in [0.1, 0.15) is 12.5 Å². The van der Waals surface area contributed by atoms with E-state index in [4.69, 9.17) is 0 Å². The first-order valence-corrected chi connectivity index (χ1v) is 13.4. The fourth-order valence-electron chi connectivity index (χ4n) is 4.55. The fourth-order valence-corrected chi connectivity index (χ4v) is 5.99. The van der Waals surface area contributed by atoms with Crippen LogP contribution < -0.4 is 0 Å². The lowest BCUT2D eigenvalue weighted by Crippen LogP contribution is -2.57. The Kier molecular flexibility index (Phi) is 8.15. The van der Waals surface area contributed by atoms with Crippen molar-refractivity contribution in [2.24, 2.45) is 0 Å². The van der Waals surface area contributed by atoms with Gasteiger partial charge in [0.1, 0.15) is 0 Å². The smallest absolute Gasteiger partial charge is 0.243 e. The first-order chi connectivity index (χ1) is 16.4. The van der Waals surface area contributed by atoms with Crippen LogP contribution in [0.25, 0.3) is 6.08 Å². The third-order valence-electron chi connectivity index (χ3n) is 6.72. The minimum Gasteiger partial charge on any atom is -0.339 e. The number of nitrogens with zero attached hydrogens (tertiary/aromatic N) is 4. The molecule has 0 aliphatic carbocycles. The van der Waals surface area contributed by atoms with Crippen molar-refractivity contribution in [2.45, 2.75) is 17.9 Å². The first kappa shape index (κ1) is 24.6. The Bertz CT molecular complexity index is 1060. The molecule has 2 fully saturated rings. The highest BCUT2D eigenvalue weighted by Crippen LogP contribution is 2.18. The Hall–Kier alpha value is -2.52. The number of hydrogen-bond donors (Lipinski definition) is 0. The van der Waals surface area contributed by atoms with Crippen molar-refractivity contribution >= 4 is 22.0 Å². The molecule has 4 rings (SSSR count). The number of hydrogen-bond acceptors (Lipinski definition) is 5. The van der Waals surface area contributed by atoms with E-state index in [1.54, 1.807) is 30.3 Å². The average Bonchev–Trinajstić information content (AvgIpc) is 2.89. The van der Waals surface area contributed by atoms with E-state index < -0.39 is 10.0 Å². The van der Waals surface area contributed by atoms with Crippen LogP contribution in [0.2, 0.25) is 0 Å². The number of amides is 1. The highest BCUT2D eigenvalue weighted by Gasteiger charge is 2.33. The van der Waals surface area contributed by atoms with Gasteiger partial charge in [0.2, 0.25) is 15.9 Å². The molecule has 0 bridgehead atoms. The van der Waals surface area contributed by atoms with Gasteiger partial charge in [-0.3, -0.25) is 14.6 Å². The summed E-state index contributed by atoms with van der Waals surface area (Å²) in [5, 5.41) is 0. The molecule has 2 heterocycles. The van der Waals surface area contributed by atoms with Crippen LogP contribution in [-0.4, -0.2) is 98.3 Å². The van der Waals surface area contributed by atoms with Gasteiger partial charge in [-0.15, -0.1) is 0 Å². The maximum absolute atomic E-state index is 13.1. The summed E-state index contributed by atoms with van der Waals surface area (Å²) >= 11 is 0. The Morgan fingerprint density at radius 1 is 0.853 bits per heavy atom. The van der Waals surface area contributed by atoms with Gasteiger partial charge in [-0.1, -0.05) is 60.7 Å². The second-order valence-electron chi connectivity index (χ2n) is 8.87. The monoisotopic (exact) mass is 482 g/mol. The van der Waals surface area contributed by atoms with Gasteiger partial charge in [-0.2, -0.15) is 4.31 Å². The Morgan fingerprint density at radius 2 is 1.44 bits per heavy atom. The van der Waals surface area contributed by atoms with E-state index in [1.165, 1.54) is 9.87 Å². The molecule has 0 radical (unpaired) electrons. The van der Waals surface area contributed by atoms with Gasteiger partial charge in [-0.05, 0) is 24.6 Å². The molecule has 2 aliphatic heterocycles. The van der Waals surface area contributed by atoms with Crippen LogP contribution in [0.5, 0.6) is 0 Å². The number of sulfonamides is 1. The summed E-state index contributed by atoms with van der Waals surface area (Å²) in [6.07, 6.45) is 4.35. The molecule has 2 saturated heterocycles. The van der Waals surface area contributed by atoms with Crippen molar-refractivity contribution < 1.29 is 13.2 Å². The molecule has 2 aromatic rings. The van der Waals surface area contributed by atoms with Crippen molar-refractivity contribution in [3.05, 3.63) is 72.3 Å². The van der Waals surface area contributed by atoms with Crippen LogP contribution in [0, 0.1) is 0 Å². The normalized spacial score (nSPS) is 20.0. The predicted octanol–water partition coefficient (Wildman–Crippen LogP) is 2.24. The number of rotatable bonds is 7. The lowest BCUT2D eigenvalue weighted by molar-refractivity contribution is -0.138. The van der Waals surface area contributed by atoms with Gasteiger partial charge in [0, 0.05) is 58.9 Å². The SMILES string of the molecule is CC(C(=O)N1CCN(S(=O)(=O)c2ccccc2)CC1)N1CCN(C/C=C/c2ccccc2)CC1. The average molecular weight is 483 g/mol. The van der Waals surface area contributed by atoms with Gasteiger partial charge in [0.15, 0.2) is 0 Å². The van der Waals surface area contributed by atoms with E-state index in [1.807, 2.05) is 30.0 Å². The molecule has 0 N–H and O–H groups in total. The quantitative estimate of drug-likeness (QED) is 0.606. The van der Waals surface area contributed by atoms with Crippen molar-refractivity contribution in [2.75, 3.05) is 58.9 Å². The van der Waals surface area contributed by atoms with E-state index in [-0.39, 0.29) is 11.9 Å². The summed E-state index contributed by atoms with van der Waals surface area (Å²) in [6.45, 7) is 7.97. The highest BCUT2D eigenvalue weighted by molar-refractivity contribution is 7.89.